The maximum absolute atomic E-state index is 12.1. The van der Waals surface area contributed by atoms with Crippen molar-refractivity contribution in [3.63, 3.8) is 0 Å². The number of para-hydroxylation sites is 1. The molecule has 4 N–H and O–H groups in total. The number of hydrazine groups is 1. The molecule has 9 nitrogen and oxygen atoms in total. The lowest BCUT2D eigenvalue weighted by molar-refractivity contribution is -0.386. The molecule has 0 saturated heterocycles. The fourth-order valence-corrected chi connectivity index (χ4v) is 2.80. The number of nitro benzene ring substituents is 1. The van der Waals surface area contributed by atoms with Crippen molar-refractivity contribution in [2.45, 2.75) is 24.8 Å². The van der Waals surface area contributed by atoms with Crippen molar-refractivity contribution in [1.82, 2.24) is 4.72 Å². The molecule has 0 fully saturated rings. The van der Waals surface area contributed by atoms with Gasteiger partial charge in [0.1, 0.15) is 5.69 Å². The minimum atomic E-state index is -4.03. The quantitative estimate of drug-likeness (QED) is 0.276. The average Bonchev–Trinajstić information content (AvgIpc) is 2.42. The first-order valence-electron chi connectivity index (χ1n) is 6.15. The molecule has 0 aromatic heterocycles. The molecule has 0 spiro atoms. The zero-order chi connectivity index (χ0) is 16.0. The summed E-state index contributed by atoms with van der Waals surface area (Å²) in [6.45, 7) is 3.81. The lowest BCUT2D eigenvalue weighted by Crippen LogP contribution is -2.29. The Morgan fingerprint density at radius 3 is 2.62 bits per heavy atom. The highest BCUT2D eigenvalue weighted by Crippen LogP contribution is 2.31. The van der Waals surface area contributed by atoms with Crippen LogP contribution in [0.3, 0.4) is 0 Å². The first kappa shape index (κ1) is 17.3. The number of anilines is 1. The fourth-order valence-electron chi connectivity index (χ4n) is 1.59. The summed E-state index contributed by atoms with van der Waals surface area (Å²) in [5.41, 5.74) is 1.43. The molecule has 0 saturated carbocycles. The van der Waals surface area contributed by atoms with Crippen molar-refractivity contribution in [2.75, 3.05) is 18.6 Å². The van der Waals surface area contributed by atoms with E-state index in [1.54, 1.807) is 0 Å². The molecule has 0 unspecified atom stereocenters. The molecule has 1 aromatic carbocycles. The molecule has 1 rings (SSSR count). The van der Waals surface area contributed by atoms with Crippen LogP contribution in [-0.4, -0.2) is 32.6 Å². The smallest absolute Gasteiger partial charge is 0.313 e. The van der Waals surface area contributed by atoms with Crippen molar-refractivity contribution >= 4 is 21.4 Å². The summed E-state index contributed by atoms with van der Waals surface area (Å²) in [6.07, 6.45) is -0.0337. The predicted octanol–water partition coefficient (Wildman–Crippen LogP) is 0.584. The Balaban J connectivity index is 3.00. The summed E-state index contributed by atoms with van der Waals surface area (Å²) >= 11 is 0. The number of nitrogens with one attached hydrogen (secondary N) is 2. The maximum Gasteiger partial charge on any atom is 0.313 e. The van der Waals surface area contributed by atoms with Crippen molar-refractivity contribution in [1.29, 1.82) is 0 Å². The number of rotatable bonds is 8. The summed E-state index contributed by atoms with van der Waals surface area (Å²) in [5, 5.41) is 11.1. The van der Waals surface area contributed by atoms with Crippen LogP contribution in [0.2, 0.25) is 0 Å². The molecule has 1 aromatic rings. The Morgan fingerprint density at radius 1 is 1.43 bits per heavy atom. The first-order valence-corrected chi connectivity index (χ1v) is 7.63. The highest BCUT2D eigenvalue weighted by atomic mass is 32.2. The number of ether oxygens (including phenoxy) is 1. The van der Waals surface area contributed by atoms with Crippen LogP contribution in [-0.2, 0) is 14.8 Å². The topological polar surface area (TPSA) is 137 Å². The molecular formula is C11H18N4O5S. The van der Waals surface area contributed by atoms with Crippen molar-refractivity contribution < 1.29 is 18.1 Å². The third-order valence-corrected chi connectivity index (χ3v) is 3.96. The highest BCUT2D eigenvalue weighted by Gasteiger charge is 2.28. The molecule has 0 bridgehead atoms. The van der Waals surface area contributed by atoms with E-state index in [-0.39, 0.29) is 24.9 Å². The van der Waals surface area contributed by atoms with Crippen molar-refractivity contribution in [3.05, 3.63) is 28.3 Å². The minimum Gasteiger partial charge on any atom is -0.377 e. The van der Waals surface area contributed by atoms with Gasteiger partial charge in [-0.25, -0.2) is 13.1 Å². The zero-order valence-electron chi connectivity index (χ0n) is 11.7. The molecule has 0 amide bonds. The van der Waals surface area contributed by atoms with Crippen LogP contribution in [0.25, 0.3) is 0 Å². The van der Waals surface area contributed by atoms with Gasteiger partial charge in [-0.3, -0.25) is 16.0 Å². The van der Waals surface area contributed by atoms with Crippen LogP contribution in [0, 0.1) is 10.1 Å². The molecule has 0 aliphatic heterocycles. The van der Waals surface area contributed by atoms with Crippen LogP contribution in [0.15, 0.2) is 23.1 Å². The zero-order valence-corrected chi connectivity index (χ0v) is 12.5. The van der Waals surface area contributed by atoms with Crippen LogP contribution in [0.1, 0.15) is 13.8 Å². The third-order valence-electron chi connectivity index (χ3n) is 2.47. The van der Waals surface area contributed by atoms with Gasteiger partial charge in [-0.15, -0.1) is 0 Å². The number of hydrogen-bond acceptors (Lipinski definition) is 7. The number of nitrogen functional groups attached to an aromatic ring is 1. The molecule has 0 heterocycles. The Bertz CT molecular complexity index is 603. The molecule has 0 atom stereocenters. The second kappa shape index (κ2) is 7.31. The summed E-state index contributed by atoms with van der Waals surface area (Å²) < 4.78 is 31.7. The van der Waals surface area contributed by atoms with Gasteiger partial charge in [0, 0.05) is 6.54 Å². The number of nitro groups is 1. The van der Waals surface area contributed by atoms with Crippen LogP contribution >= 0.6 is 0 Å². The summed E-state index contributed by atoms with van der Waals surface area (Å²) in [5.74, 6) is 5.17. The second-order valence-electron chi connectivity index (χ2n) is 4.37. The van der Waals surface area contributed by atoms with Gasteiger partial charge in [-0.1, -0.05) is 6.07 Å². The average molecular weight is 318 g/mol. The molecule has 0 aliphatic carbocycles. The van der Waals surface area contributed by atoms with E-state index in [1.165, 1.54) is 12.1 Å². The van der Waals surface area contributed by atoms with Gasteiger partial charge < -0.3 is 10.2 Å². The molecule has 118 valence electrons. The lowest BCUT2D eigenvalue weighted by Gasteiger charge is -2.11. The van der Waals surface area contributed by atoms with Gasteiger partial charge in [0.05, 0.1) is 17.6 Å². The van der Waals surface area contributed by atoms with Crippen LogP contribution in [0.5, 0.6) is 0 Å². The number of nitrogens with zero attached hydrogens (tertiary/aromatic N) is 1. The SMILES string of the molecule is CC(C)OCCNS(=O)(=O)c1cccc(NN)c1[N+](=O)[O-]. The van der Waals surface area contributed by atoms with Crippen molar-refractivity contribution in [2.24, 2.45) is 5.84 Å². The Hall–Kier alpha value is -1.75. The number of nitrogens with two attached hydrogens (primary N) is 1. The van der Waals surface area contributed by atoms with Crippen LogP contribution in [0.4, 0.5) is 11.4 Å². The van der Waals surface area contributed by atoms with E-state index >= 15 is 0 Å². The van der Waals surface area contributed by atoms with E-state index in [1.807, 2.05) is 13.8 Å². The molecular weight excluding hydrogens is 300 g/mol. The predicted molar refractivity (Wildman–Crippen MR) is 77.2 cm³/mol. The molecule has 0 radical (unpaired) electrons. The Kier molecular flexibility index (Phi) is 6.03. The Morgan fingerprint density at radius 2 is 2.10 bits per heavy atom. The Labute approximate surface area is 122 Å². The monoisotopic (exact) mass is 318 g/mol. The molecule has 10 heteroatoms. The van der Waals surface area contributed by atoms with E-state index in [4.69, 9.17) is 10.6 Å². The van der Waals surface area contributed by atoms with Crippen molar-refractivity contribution in [3.8, 4) is 0 Å². The van der Waals surface area contributed by atoms with Gasteiger partial charge in [0.25, 0.3) is 0 Å². The third kappa shape index (κ3) is 4.63. The molecule has 0 aliphatic rings. The van der Waals surface area contributed by atoms with E-state index in [2.05, 4.69) is 10.1 Å². The number of hydrogen-bond donors (Lipinski definition) is 3. The first-order chi connectivity index (χ1) is 9.79. The van der Waals surface area contributed by atoms with Gasteiger partial charge in [0.15, 0.2) is 4.90 Å². The van der Waals surface area contributed by atoms with Gasteiger partial charge in [0.2, 0.25) is 10.0 Å². The van der Waals surface area contributed by atoms with Gasteiger partial charge in [-0.2, -0.15) is 0 Å². The largest absolute Gasteiger partial charge is 0.377 e. The summed E-state index contributed by atoms with van der Waals surface area (Å²) in [4.78, 5) is 9.81. The highest BCUT2D eigenvalue weighted by molar-refractivity contribution is 7.89. The van der Waals surface area contributed by atoms with Gasteiger partial charge in [-0.05, 0) is 26.0 Å². The standard InChI is InChI=1S/C11H18N4O5S/c1-8(2)20-7-6-13-21(18,19)10-5-3-4-9(14-12)11(10)15(16)17/h3-5,8,13-14H,6-7,12H2,1-2H3. The summed E-state index contributed by atoms with van der Waals surface area (Å²) in [6, 6.07) is 3.82. The van der Waals surface area contributed by atoms with E-state index in [0.29, 0.717) is 0 Å². The van der Waals surface area contributed by atoms with Crippen LogP contribution < -0.4 is 16.0 Å². The fraction of sp³-hybridized carbons (Fsp3) is 0.455. The number of benzene rings is 1. The minimum absolute atomic E-state index is 0.0119. The van der Waals surface area contributed by atoms with E-state index < -0.39 is 25.5 Å². The normalized spacial score (nSPS) is 11.6. The lowest BCUT2D eigenvalue weighted by atomic mass is 10.3. The maximum atomic E-state index is 12.1. The van der Waals surface area contributed by atoms with Gasteiger partial charge >= 0.3 is 5.69 Å². The summed E-state index contributed by atoms with van der Waals surface area (Å²) in [7, 11) is -4.03. The van der Waals surface area contributed by atoms with E-state index in [9.17, 15) is 18.5 Å². The number of sulfonamides is 1. The molecule has 21 heavy (non-hydrogen) atoms. The second-order valence-corrected chi connectivity index (χ2v) is 6.11. The van der Waals surface area contributed by atoms with E-state index in [0.717, 1.165) is 6.07 Å².